The minimum absolute atomic E-state index is 0.0498. The van der Waals surface area contributed by atoms with Gasteiger partial charge in [0.1, 0.15) is 17.3 Å². The summed E-state index contributed by atoms with van der Waals surface area (Å²) in [4.78, 5) is 23.0. The van der Waals surface area contributed by atoms with E-state index in [4.69, 9.17) is 5.73 Å². The lowest BCUT2D eigenvalue weighted by molar-refractivity contribution is -0.270. The minimum atomic E-state index is -5.14. The molecule has 0 aliphatic carbocycles. The fourth-order valence-corrected chi connectivity index (χ4v) is 3.29. The molecule has 0 bridgehead atoms. The van der Waals surface area contributed by atoms with E-state index in [-0.39, 0.29) is 17.0 Å². The Morgan fingerprint density at radius 3 is 2.30 bits per heavy atom. The van der Waals surface area contributed by atoms with Gasteiger partial charge < -0.3 is 15.8 Å². The lowest BCUT2D eigenvalue weighted by Crippen LogP contribution is -2.44. The summed E-state index contributed by atoms with van der Waals surface area (Å²) in [6.07, 6.45) is -5.48. The molecule has 10 heteroatoms. The third-order valence-corrected chi connectivity index (χ3v) is 5.32. The van der Waals surface area contributed by atoms with Gasteiger partial charge in [-0.15, -0.1) is 0 Å². The van der Waals surface area contributed by atoms with Crippen LogP contribution < -0.4 is 5.73 Å². The van der Waals surface area contributed by atoms with Gasteiger partial charge in [0.25, 0.3) is 0 Å². The summed E-state index contributed by atoms with van der Waals surface area (Å²) in [5.41, 5.74) is 1.71. The molecule has 2 aromatic heterocycles. The zero-order valence-electron chi connectivity index (χ0n) is 18.3. The summed E-state index contributed by atoms with van der Waals surface area (Å²) >= 11 is 0. The fourth-order valence-electron chi connectivity index (χ4n) is 3.29. The zero-order chi connectivity index (χ0) is 24.6. The predicted molar refractivity (Wildman–Crippen MR) is 114 cm³/mol. The monoisotopic (exact) mass is 464 g/mol. The van der Waals surface area contributed by atoms with Crippen molar-refractivity contribution in [3.05, 3.63) is 71.2 Å². The van der Waals surface area contributed by atoms with E-state index >= 15 is 0 Å². The molecule has 0 spiro atoms. The first-order valence-electron chi connectivity index (χ1n) is 10.1. The molecular formula is C23H24F4N4O2. The van der Waals surface area contributed by atoms with E-state index in [2.05, 4.69) is 15.0 Å². The number of carbonyl (C=O) groups is 1. The third kappa shape index (κ3) is 5.28. The van der Waals surface area contributed by atoms with Crippen LogP contribution in [0.15, 0.2) is 42.6 Å². The van der Waals surface area contributed by atoms with Gasteiger partial charge in [0.05, 0.1) is 17.6 Å². The molecular weight excluding hydrogens is 440 g/mol. The highest BCUT2D eigenvalue weighted by Gasteiger charge is 2.56. The first-order valence-corrected chi connectivity index (χ1v) is 10.1. The highest BCUT2D eigenvalue weighted by Crippen LogP contribution is 2.43. The molecule has 0 saturated carbocycles. The molecule has 176 valence electrons. The molecule has 0 fully saturated rings. The van der Waals surface area contributed by atoms with Gasteiger partial charge in [0, 0.05) is 17.5 Å². The molecule has 3 aromatic rings. The topological polar surface area (TPSA) is 105 Å². The quantitative estimate of drug-likeness (QED) is 0.352. The molecule has 3 rings (SSSR count). The molecule has 0 amide bonds. The first-order chi connectivity index (χ1) is 15.2. The second-order valence-electron chi connectivity index (χ2n) is 8.52. The van der Waals surface area contributed by atoms with Crippen molar-refractivity contribution in [2.75, 3.05) is 0 Å². The SMILES string of the molecule is Cc1ncc(C(=O)CCC(O)(c2cc(C(C)(C)N)cc(-c3ccc(F)cc3)n2)C(F)(F)F)[nH]1. The van der Waals surface area contributed by atoms with Crippen molar-refractivity contribution in [2.45, 2.75) is 50.9 Å². The molecule has 33 heavy (non-hydrogen) atoms. The number of pyridine rings is 1. The number of ketones is 1. The summed E-state index contributed by atoms with van der Waals surface area (Å²) in [6.45, 7) is 4.79. The van der Waals surface area contributed by atoms with Gasteiger partial charge in [0.2, 0.25) is 5.60 Å². The Labute approximate surface area is 187 Å². The van der Waals surface area contributed by atoms with Crippen LogP contribution in [0.5, 0.6) is 0 Å². The number of aliphatic hydroxyl groups is 1. The highest BCUT2D eigenvalue weighted by atomic mass is 19.4. The smallest absolute Gasteiger partial charge is 0.375 e. The number of hydrogen-bond donors (Lipinski definition) is 3. The average Bonchev–Trinajstić information content (AvgIpc) is 3.17. The molecule has 1 atom stereocenters. The number of nitrogens with two attached hydrogens (primary N) is 1. The Morgan fingerprint density at radius 2 is 1.79 bits per heavy atom. The van der Waals surface area contributed by atoms with Gasteiger partial charge in [-0.3, -0.25) is 4.79 Å². The Bertz CT molecular complexity index is 1150. The van der Waals surface area contributed by atoms with Gasteiger partial charge in [-0.1, -0.05) is 0 Å². The molecule has 0 aliphatic heterocycles. The first kappa shape index (κ1) is 24.5. The van der Waals surface area contributed by atoms with Crippen LogP contribution in [0, 0.1) is 12.7 Å². The largest absolute Gasteiger partial charge is 0.422 e. The van der Waals surface area contributed by atoms with Gasteiger partial charge in [-0.05, 0) is 69.2 Å². The van der Waals surface area contributed by atoms with Crippen LogP contribution in [0.25, 0.3) is 11.3 Å². The molecule has 6 nitrogen and oxygen atoms in total. The maximum Gasteiger partial charge on any atom is 0.422 e. The number of aromatic amines is 1. The number of imidazole rings is 1. The maximum atomic E-state index is 14.2. The summed E-state index contributed by atoms with van der Waals surface area (Å²) < 4.78 is 55.8. The zero-order valence-corrected chi connectivity index (χ0v) is 18.3. The van der Waals surface area contributed by atoms with Crippen LogP contribution in [0.3, 0.4) is 0 Å². The second-order valence-corrected chi connectivity index (χ2v) is 8.52. The number of alkyl halides is 3. The fraction of sp³-hybridized carbons (Fsp3) is 0.348. The van der Waals surface area contributed by atoms with Crippen molar-refractivity contribution in [1.82, 2.24) is 15.0 Å². The van der Waals surface area contributed by atoms with Gasteiger partial charge >= 0.3 is 6.18 Å². The molecule has 2 heterocycles. The van der Waals surface area contributed by atoms with E-state index in [1.165, 1.54) is 24.4 Å². The van der Waals surface area contributed by atoms with E-state index in [1.54, 1.807) is 20.8 Å². The predicted octanol–water partition coefficient (Wildman–Crippen LogP) is 4.53. The van der Waals surface area contributed by atoms with Crippen molar-refractivity contribution in [1.29, 1.82) is 0 Å². The van der Waals surface area contributed by atoms with Gasteiger partial charge in [-0.2, -0.15) is 13.2 Å². The Morgan fingerprint density at radius 1 is 1.15 bits per heavy atom. The number of carbonyl (C=O) groups excluding carboxylic acids is 1. The molecule has 0 saturated heterocycles. The lowest BCUT2D eigenvalue weighted by atomic mass is 9.86. The molecule has 4 N–H and O–H groups in total. The minimum Gasteiger partial charge on any atom is -0.375 e. The average molecular weight is 464 g/mol. The number of Topliss-reactive ketones (excluding diaryl/α,β-unsaturated/α-hetero) is 1. The highest BCUT2D eigenvalue weighted by molar-refractivity contribution is 5.94. The Kier molecular flexibility index (Phi) is 6.45. The Balaban J connectivity index is 2.08. The van der Waals surface area contributed by atoms with E-state index in [0.717, 1.165) is 18.2 Å². The van der Waals surface area contributed by atoms with Crippen LogP contribution in [0.4, 0.5) is 17.6 Å². The number of aryl methyl sites for hydroxylation is 1. The van der Waals surface area contributed by atoms with Crippen molar-refractivity contribution in [3.63, 3.8) is 0 Å². The standard InChI is InChI=1S/C23H24F4N4O2/c1-13-29-12-18(30-13)19(32)8-9-22(33,23(25,26)27)20-11-15(21(2,3)28)10-17(31-20)14-4-6-16(24)7-5-14/h4-7,10-12,33H,8-9,28H2,1-3H3,(H,29,30). The van der Waals surface area contributed by atoms with Gasteiger partial charge in [-0.25, -0.2) is 14.4 Å². The van der Waals surface area contributed by atoms with Crippen LogP contribution in [-0.4, -0.2) is 32.0 Å². The molecule has 1 unspecified atom stereocenters. The summed E-state index contributed by atoms with van der Waals surface area (Å²) in [7, 11) is 0. The molecule has 1 aromatic carbocycles. The third-order valence-electron chi connectivity index (χ3n) is 5.32. The molecule has 0 radical (unpaired) electrons. The number of rotatable bonds is 7. The maximum absolute atomic E-state index is 14.2. The lowest BCUT2D eigenvalue weighted by Gasteiger charge is -2.31. The van der Waals surface area contributed by atoms with Crippen LogP contribution in [-0.2, 0) is 11.1 Å². The second kappa shape index (κ2) is 8.68. The summed E-state index contributed by atoms with van der Waals surface area (Å²) in [5.74, 6) is -0.714. The van der Waals surface area contributed by atoms with E-state index in [1.807, 2.05) is 0 Å². The Hall–Kier alpha value is -3.11. The van der Waals surface area contributed by atoms with Gasteiger partial charge in [0.15, 0.2) is 5.78 Å². The number of benzene rings is 1. The summed E-state index contributed by atoms with van der Waals surface area (Å²) in [6, 6.07) is 7.62. The van der Waals surface area contributed by atoms with Crippen LogP contribution in [0.2, 0.25) is 0 Å². The van der Waals surface area contributed by atoms with Crippen molar-refractivity contribution >= 4 is 5.78 Å². The van der Waals surface area contributed by atoms with Crippen LogP contribution >= 0.6 is 0 Å². The van der Waals surface area contributed by atoms with Crippen molar-refractivity contribution in [2.24, 2.45) is 5.73 Å². The number of H-pyrrole nitrogens is 1. The summed E-state index contributed by atoms with van der Waals surface area (Å²) in [5, 5.41) is 10.9. The number of aromatic nitrogens is 3. The van der Waals surface area contributed by atoms with Crippen molar-refractivity contribution in [3.8, 4) is 11.3 Å². The number of hydrogen-bond acceptors (Lipinski definition) is 5. The number of nitrogens with one attached hydrogen (secondary N) is 1. The van der Waals surface area contributed by atoms with Crippen LogP contribution in [0.1, 0.15) is 54.3 Å². The van der Waals surface area contributed by atoms with E-state index in [9.17, 15) is 27.5 Å². The number of halogens is 4. The number of nitrogens with zero attached hydrogens (tertiary/aromatic N) is 2. The van der Waals surface area contributed by atoms with Crippen molar-refractivity contribution < 1.29 is 27.5 Å². The molecule has 0 aliphatic rings. The normalized spacial score (nSPS) is 14.2. The van der Waals surface area contributed by atoms with E-state index < -0.39 is 47.5 Å². The van der Waals surface area contributed by atoms with E-state index in [0.29, 0.717) is 11.4 Å².